The second-order valence-corrected chi connectivity index (χ2v) is 3.34. The lowest BCUT2D eigenvalue weighted by atomic mass is 10.3. The fourth-order valence-electron chi connectivity index (χ4n) is 0.594. The molecule has 0 aromatic heterocycles. The Bertz CT molecular complexity index is 97.7. The van der Waals surface area contributed by atoms with Crippen molar-refractivity contribution >= 4 is 8.03 Å². The van der Waals surface area contributed by atoms with Crippen molar-refractivity contribution in [2.45, 2.75) is 19.8 Å². The summed E-state index contributed by atoms with van der Waals surface area (Å²) in [5, 5.41) is 0. The van der Waals surface area contributed by atoms with Gasteiger partial charge in [-0.05, 0) is 30.9 Å². The number of unbranched alkanes of at least 4 members (excludes halogenated alkanes) is 1. The average molecular weight is 164 g/mol. The van der Waals surface area contributed by atoms with E-state index in [1.807, 2.05) is 6.92 Å². The average Bonchev–Trinajstić information content (AvgIpc) is 1.89. The summed E-state index contributed by atoms with van der Waals surface area (Å²) >= 11 is 0. The van der Waals surface area contributed by atoms with Crippen LogP contribution in [-0.2, 0) is 9.09 Å². The smallest absolute Gasteiger partial charge is 0.330 e. The summed E-state index contributed by atoms with van der Waals surface area (Å²) in [5.41, 5.74) is 5.25. The van der Waals surface area contributed by atoms with Gasteiger partial charge in [0, 0.05) is 0 Å². The van der Waals surface area contributed by atoms with Crippen molar-refractivity contribution in [2.75, 3.05) is 19.3 Å². The molecule has 0 aliphatic rings. The summed E-state index contributed by atoms with van der Waals surface area (Å²) in [7, 11) is -1.40. The molecular weight excluding hydrogens is 149 g/mol. The molecule has 0 aliphatic carbocycles. The van der Waals surface area contributed by atoms with Crippen molar-refractivity contribution in [1.82, 2.24) is 0 Å². The maximum absolute atomic E-state index is 10.8. The molecule has 1 atom stereocenters. The Labute approximate surface area is 62.8 Å². The van der Waals surface area contributed by atoms with Gasteiger partial charge in [0.1, 0.15) is 0 Å². The van der Waals surface area contributed by atoms with Crippen LogP contribution < -0.4 is 5.73 Å². The largest absolute Gasteiger partial charge is 0.508 e. The summed E-state index contributed by atoms with van der Waals surface area (Å²) in [4.78, 5) is 0. The molecule has 0 amide bonds. The van der Waals surface area contributed by atoms with Crippen LogP contribution in [0.2, 0.25) is 0 Å². The molecule has 10 heavy (non-hydrogen) atoms. The Balaban J connectivity index is 3.05. The van der Waals surface area contributed by atoms with E-state index < -0.39 is 8.03 Å². The van der Waals surface area contributed by atoms with Gasteiger partial charge < -0.3 is 5.73 Å². The lowest BCUT2D eigenvalue weighted by Crippen LogP contribution is -1.98. The van der Waals surface area contributed by atoms with Gasteiger partial charge in [-0.2, -0.15) is 0 Å². The van der Waals surface area contributed by atoms with E-state index in [-0.39, 0.29) is 0 Å². The molecule has 0 bridgehead atoms. The van der Waals surface area contributed by atoms with Crippen molar-refractivity contribution in [1.29, 1.82) is 0 Å². The Hall–Kier alpha value is 0.0200. The summed E-state index contributed by atoms with van der Waals surface area (Å²) in [6, 6.07) is 0. The highest BCUT2D eigenvalue weighted by Gasteiger charge is 2.13. The highest BCUT2D eigenvalue weighted by molar-refractivity contribution is 7.39. The van der Waals surface area contributed by atoms with Crippen molar-refractivity contribution in [3.63, 3.8) is 0 Å². The SMILES string of the molecule is CCO[P+](=O)CCCCN. The van der Waals surface area contributed by atoms with Crippen LogP contribution in [0.3, 0.4) is 0 Å². The van der Waals surface area contributed by atoms with Gasteiger partial charge in [0.15, 0.2) is 6.16 Å². The Morgan fingerprint density at radius 3 is 2.70 bits per heavy atom. The molecule has 60 valence electrons. The van der Waals surface area contributed by atoms with Gasteiger partial charge in [-0.15, -0.1) is 4.52 Å². The number of rotatable bonds is 6. The van der Waals surface area contributed by atoms with Crippen LogP contribution in [0.15, 0.2) is 0 Å². The first kappa shape index (κ1) is 10.0. The third-order valence-electron chi connectivity index (χ3n) is 1.07. The number of hydrogen-bond donors (Lipinski definition) is 1. The molecule has 2 N–H and O–H groups in total. The minimum absolute atomic E-state index is 0.540. The maximum Gasteiger partial charge on any atom is 0.508 e. The minimum Gasteiger partial charge on any atom is -0.330 e. The van der Waals surface area contributed by atoms with Gasteiger partial charge in [-0.3, -0.25) is 0 Å². The molecule has 0 aromatic carbocycles. The van der Waals surface area contributed by atoms with Crippen molar-refractivity contribution < 1.29 is 9.09 Å². The van der Waals surface area contributed by atoms with E-state index >= 15 is 0 Å². The van der Waals surface area contributed by atoms with Crippen molar-refractivity contribution in [2.24, 2.45) is 5.73 Å². The zero-order chi connectivity index (χ0) is 7.82. The van der Waals surface area contributed by atoms with Crippen LogP contribution in [0.5, 0.6) is 0 Å². The molecule has 0 aromatic rings. The predicted molar refractivity (Wildman–Crippen MR) is 42.4 cm³/mol. The van der Waals surface area contributed by atoms with Crippen LogP contribution in [-0.4, -0.2) is 19.3 Å². The highest BCUT2D eigenvalue weighted by Crippen LogP contribution is 2.22. The molecule has 0 rings (SSSR count). The standard InChI is InChI=1S/C6H15NO2P/c1-2-9-10(8)6-4-3-5-7/h2-7H2,1H3/q+1. The van der Waals surface area contributed by atoms with Gasteiger partial charge >= 0.3 is 8.03 Å². The third kappa shape index (κ3) is 6.14. The Morgan fingerprint density at radius 1 is 1.50 bits per heavy atom. The van der Waals surface area contributed by atoms with E-state index in [9.17, 15) is 4.57 Å². The van der Waals surface area contributed by atoms with Gasteiger partial charge in [-0.1, -0.05) is 0 Å². The van der Waals surface area contributed by atoms with Crippen LogP contribution >= 0.6 is 8.03 Å². The first-order valence-corrected chi connectivity index (χ1v) is 4.95. The summed E-state index contributed by atoms with van der Waals surface area (Å²) in [5.74, 6) is 0. The monoisotopic (exact) mass is 164 g/mol. The van der Waals surface area contributed by atoms with Crippen LogP contribution in [0.1, 0.15) is 19.8 Å². The summed E-state index contributed by atoms with van der Waals surface area (Å²) < 4.78 is 15.7. The molecule has 0 spiro atoms. The zero-order valence-corrected chi connectivity index (χ0v) is 7.27. The molecule has 0 aliphatic heterocycles. The first-order valence-electron chi connectivity index (χ1n) is 3.59. The molecule has 0 saturated carbocycles. The van der Waals surface area contributed by atoms with E-state index in [4.69, 9.17) is 10.3 Å². The van der Waals surface area contributed by atoms with Crippen molar-refractivity contribution in [3.05, 3.63) is 0 Å². The zero-order valence-electron chi connectivity index (χ0n) is 6.38. The van der Waals surface area contributed by atoms with E-state index in [1.165, 1.54) is 0 Å². The van der Waals surface area contributed by atoms with Gasteiger partial charge in [0.25, 0.3) is 0 Å². The predicted octanol–water partition coefficient (Wildman–Crippen LogP) is 1.50. The number of nitrogens with two attached hydrogens (primary N) is 1. The molecule has 0 heterocycles. The number of hydrogen-bond acceptors (Lipinski definition) is 3. The second-order valence-electron chi connectivity index (χ2n) is 1.97. The molecule has 4 heteroatoms. The van der Waals surface area contributed by atoms with Gasteiger partial charge in [0.2, 0.25) is 0 Å². The normalized spacial score (nSPS) is 11.6. The van der Waals surface area contributed by atoms with E-state index in [2.05, 4.69) is 0 Å². The van der Waals surface area contributed by atoms with Crippen LogP contribution in [0, 0.1) is 0 Å². The molecule has 3 nitrogen and oxygen atoms in total. The second kappa shape index (κ2) is 7.13. The Kier molecular flexibility index (Phi) is 7.15. The molecule has 0 radical (unpaired) electrons. The van der Waals surface area contributed by atoms with Crippen LogP contribution in [0.4, 0.5) is 0 Å². The Morgan fingerprint density at radius 2 is 2.20 bits per heavy atom. The van der Waals surface area contributed by atoms with Crippen molar-refractivity contribution in [3.8, 4) is 0 Å². The van der Waals surface area contributed by atoms with Crippen LogP contribution in [0.25, 0.3) is 0 Å². The molecule has 0 fully saturated rings. The maximum atomic E-state index is 10.8. The molecular formula is C6H15NO2P+. The topological polar surface area (TPSA) is 52.3 Å². The highest BCUT2D eigenvalue weighted by atomic mass is 31.1. The summed E-state index contributed by atoms with van der Waals surface area (Å²) in [6.07, 6.45) is 2.50. The van der Waals surface area contributed by atoms with E-state index in [0.29, 0.717) is 19.3 Å². The quantitative estimate of drug-likeness (QED) is 0.478. The molecule has 0 saturated heterocycles. The molecule has 1 unspecified atom stereocenters. The van der Waals surface area contributed by atoms with E-state index in [0.717, 1.165) is 12.8 Å². The van der Waals surface area contributed by atoms with Gasteiger partial charge in [-0.25, -0.2) is 0 Å². The fourth-order valence-corrected chi connectivity index (χ4v) is 1.49. The third-order valence-corrected chi connectivity index (χ3v) is 2.30. The van der Waals surface area contributed by atoms with Gasteiger partial charge in [0.05, 0.1) is 6.61 Å². The van der Waals surface area contributed by atoms with E-state index in [1.54, 1.807) is 0 Å². The lowest BCUT2D eigenvalue weighted by Gasteiger charge is -1.87. The lowest BCUT2D eigenvalue weighted by molar-refractivity contribution is 0.349. The minimum atomic E-state index is -1.40. The summed E-state index contributed by atoms with van der Waals surface area (Å²) in [6.45, 7) is 3.06. The first-order chi connectivity index (χ1) is 4.81. The fraction of sp³-hybridized carbons (Fsp3) is 1.00.